The third kappa shape index (κ3) is 2.93. The molecule has 1 N–H and O–H groups in total. The second-order valence-corrected chi connectivity index (χ2v) is 7.51. The van der Waals surface area contributed by atoms with E-state index in [1.807, 2.05) is 18.2 Å². The van der Waals surface area contributed by atoms with Crippen LogP contribution in [0.2, 0.25) is 5.02 Å². The van der Waals surface area contributed by atoms with Crippen LogP contribution in [0.15, 0.2) is 42.5 Å². The first kappa shape index (κ1) is 20.2. The number of methoxy groups -OCH3 is 1. The number of amides is 2. The lowest BCUT2D eigenvalue weighted by atomic mass is 9.80. The van der Waals surface area contributed by atoms with Crippen molar-refractivity contribution >= 4 is 29.1 Å². The van der Waals surface area contributed by atoms with E-state index in [1.165, 1.54) is 4.90 Å². The van der Waals surface area contributed by atoms with Gasteiger partial charge < -0.3 is 15.0 Å². The lowest BCUT2D eigenvalue weighted by molar-refractivity contribution is -0.138. The fraction of sp³-hybridized carbons (Fsp3) is 0.333. The number of halogens is 1. The van der Waals surface area contributed by atoms with E-state index in [2.05, 4.69) is 5.32 Å². The maximum Gasteiger partial charge on any atom is 0.254 e. The normalized spacial score (nSPS) is 19.2. The summed E-state index contributed by atoms with van der Waals surface area (Å²) in [5.41, 5.74) is 0.738. The molecular weight excluding hydrogens is 378 g/mol. The largest absolute Gasteiger partial charge is 0.496 e. The van der Waals surface area contributed by atoms with Crippen LogP contribution in [0.3, 0.4) is 0 Å². The fourth-order valence-electron chi connectivity index (χ4n) is 3.84. The Morgan fingerprint density at radius 1 is 1.14 bits per heavy atom. The molecule has 0 aliphatic carbocycles. The van der Waals surface area contributed by atoms with Gasteiger partial charge in [-0.15, -0.1) is 0 Å². The van der Waals surface area contributed by atoms with Crippen LogP contribution in [0.1, 0.15) is 18.1 Å². The Kier molecular flexibility index (Phi) is 5.37. The highest BCUT2D eigenvalue weighted by Crippen LogP contribution is 2.49. The zero-order valence-electron chi connectivity index (χ0n) is 16.6. The first-order valence-corrected chi connectivity index (χ1v) is 9.32. The van der Waals surface area contributed by atoms with Crippen molar-refractivity contribution in [1.82, 2.24) is 9.80 Å². The first-order valence-electron chi connectivity index (χ1n) is 8.94. The smallest absolute Gasteiger partial charge is 0.254 e. The quantitative estimate of drug-likeness (QED) is 0.836. The molecule has 1 aliphatic heterocycles. The summed E-state index contributed by atoms with van der Waals surface area (Å²) in [5, 5.41) is 3.46. The Bertz CT molecular complexity index is 931. The summed E-state index contributed by atoms with van der Waals surface area (Å²) in [6, 6.07) is 12.0. The van der Waals surface area contributed by atoms with Crippen LogP contribution < -0.4 is 10.1 Å². The number of anilines is 1. The van der Waals surface area contributed by atoms with Crippen LogP contribution in [0.5, 0.6) is 5.75 Å². The molecule has 0 fully saturated rings. The van der Waals surface area contributed by atoms with Gasteiger partial charge in [-0.05, 0) is 38.2 Å². The van der Waals surface area contributed by atoms with Gasteiger partial charge in [0.2, 0.25) is 5.91 Å². The molecular formula is C21H24ClN3O3. The van der Waals surface area contributed by atoms with Gasteiger partial charge in [0.15, 0.2) is 5.54 Å². The molecule has 7 heteroatoms. The number of nitrogens with zero attached hydrogens (tertiary/aromatic N) is 2. The van der Waals surface area contributed by atoms with Crippen LogP contribution in [-0.4, -0.2) is 55.9 Å². The second kappa shape index (κ2) is 7.45. The summed E-state index contributed by atoms with van der Waals surface area (Å²) in [6.07, 6.45) is 0. The molecule has 0 bridgehead atoms. The highest BCUT2D eigenvalue weighted by atomic mass is 35.5. The monoisotopic (exact) mass is 401 g/mol. The van der Waals surface area contributed by atoms with E-state index >= 15 is 0 Å². The average Bonchev–Trinajstić information content (AvgIpc) is 2.97. The molecule has 6 nitrogen and oxygen atoms in total. The molecule has 0 saturated heterocycles. The third-order valence-electron chi connectivity index (χ3n) is 5.35. The molecule has 1 aliphatic rings. The molecule has 0 radical (unpaired) electrons. The Morgan fingerprint density at radius 2 is 1.82 bits per heavy atom. The Hall–Kier alpha value is -2.57. The number of likely N-dealkylation sites (N-methyl/N-ethyl adjacent to an activating group) is 2. The highest BCUT2D eigenvalue weighted by molar-refractivity contribution is 6.31. The lowest BCUT2D eigenvalue weighted by Gasteiger charge is -2.41. The zero-order chi connectivity index (χ0) is 20.6. The van der Waals surface area contributed by atoms with Gasteiger partial charge in [-0.3, -0.25) is 14.5 Å². The predicted molar refractivity (Wildman–Crippen MR) is 110 cm³/mol. The van der Waals surface area contributed by atoms with Crippen molar-refractivity contribution in [3.05, 3.63) is 58.6 Å². The van der Waals surface area contributed by atoms with Gasteiger partial charge in [0, 0.05) is 35.9 Å². The molecule has 0 saturated carbocycles. The van der Waals surface area contributed by atoms with E-state index in [1.54, 1.807) is 64.3 Å². The van der Waals surface area contributed by atoms with Gasteiger partial charge in [0.05, 0.1) is 13.2 Å². The summed E-state index contributed by atoms with van der Waals surface area (Å²) in [6.45, 7) is 1.79. The number of carbonyl (C=O) groups is 2. The number of nitrogens with one attached hydrogen (secondary N) is 1. The van der Waals surface area contributed by atoms with Crippen LogP contribution >= 0.6 is 11.6 Å². The van der Waals surface area contributed by atoms with Crippen molar-refractivity contribution in [1.29, 1.82) is 0 Å². The van der Waals surface area contributed by atoms with Gasteiger partial charge >= 0.3 is 0 Å². The number of hydrogen-bond donors (Lipinski definition) is 1. The van der Waals surface area contributed by atoms with E-state index < -0.39 is 11.6 Å². The average molecular weight is 402 g/mol. The van der Waals surface area contributed by atoms with Crippen molar-refractivity contribution in [3.8, 4) is 5.75 Å². The second-order valence-electron chi connectivity index (χ2n) is 7.07. The minimum absolute atomic E-state index is 0.111. The summed E-state index contributed by atoms with van der Waals surface area (Å²) in [7, 11) is 6.73. The van der Waals surface area contributed by atoms with Gasteiger partial charge in [0.1, 0.15) is 5.75 Å². The first-order chi connectivity index (χ1) is 13.2. The summed E-state index contributed by atoms with van der Waals surface area (Å²) in [5.74, 6) is 0.192. The highest BCUT2D eigenvalue weighted by Gasteiger charge is 2.55. The van der Waals surface area contributed by atoms with Gasteiger partial charge in [0.25, 0.3) is 5.91 Å². The van der Waals surface area contributed by atoms with Crippen molar-refractivity contribution in [2.75, 3.05) is 33.6 Å². The molecule has 1 unspecified atom stereocenters. The molecule has 2 aromatic rings. The lowest BCUT2D eigenvalue weighted by Crippen LogP contribution is -2.57. The SMILES string of the molecule is COc1ccccc1C1(N(C)[C@@H](C)C(=O)N(C)C)C(=O)Nc2ccc(Cl)cc21. The van der Waals surface area contributed by atoms with E-state index in [4.69, 9.17) is 16.3 Å². The van der Waals surface area contributed by atoms with E-state index in [0.29, 0.717) is 27.6 Å². The number of benzene rings is 2. The van der Waals surface area contributed by atoms with Crippen LogP contribution in [0, 0.1) is 0 Å². The van der Waals surface area contributed by atoms with Crippen LogP contribution in [-0.2, 0) is 15.1 Å². The molecule has 2 amide bonds. The summed E-state index contributed by atoms with van der Waals surface area (Å²) in [4.78, 5) is 29.5. The minimum Gasteiger partial charge on any atom is -0.496 e. The molecule has 3 rings (SSSR count). The fourth-order valence-corrected chi connectivity index (χ4v) is 4.01. The topological polar surface area (TPSA) is 61.9 Å². The van der Waals surface area contributed by atoms with Gasteiger partial charge in [-0.2, -0.15) is 0 Å². The Labute approximate surface area is 170 Å². The molecule has 28 heavy (non-hydrogen) atoms. The predicted octanol–water partition coefficient (Wildman–Crippen LogP) is 2.95. The van der Waals surface area contributed by atoms with Crippen molar-refractivity contribution < 1.29 is 14.3 Å². The maximum absolute atomic E-state index is 13.5. The molecule has 0 aromatic heterocycles. The number of ether oxygens (including phenoxy) is 1. The number of fused-ring (bicyclic) bond motifs is 1. The Morgan fingerprint density at radius 3 is 2.46 bits per heavy atom. The molecule has 2 aromatic carbocycles. The van der Waals surface area contributed by atoms with E-state index in [0.717, 1.165) is 0 Å². The number of para-hydroxylation sites is 1. The Balaban J connectivity index is 2.32. The summed E-state index contributed by atoms with van der Waals surface area (Å²) >= 11 is 6.29. The number of rotatable bonds is 5. The zero-order valence-corrected chi connectivity index (χ0v) is 17.4. The standard InChI is InChI=1S/C21H24ClN3O3/c1-13(19(26)24(2)3)25(4)21(15-8-6-7-9-18(15)28-5)16-12-14(22)10-11-17(16)23-20(21)27/h6-13H,1-5H3,(H,23,27)/t13-,21?/m0/s1. The van der Waals surface area contributed by atoms with E-state index in [-0.39, 0.29) is 11.8 Å². The maximum atomic E-state index is 13.5. The van der Waals surface area contributed by atoms with Crippen LogP contribution in [0.4, 0.5) is 5.69 Å². The summed E-state index contributed by atoms with van der Waals surface area (Å²) < 4.78 is 5.58. The number of hydrogen-bond acceptors (Lipinski definition) is 4. The molecule has 2 atom stereocenters. The van der Waals surface area contributed by atoms with Crippen LogP contribution in [0.25, 0.3) is 0 Å². The third-order valence-corrected chi connectivity index (χ3v) is 5.59. The molecule has 148 valence electrons. The van der Waals surface area contributed by atoms with Crippen molar-refractivity contribution in [3.63, 3.8) is 0 Å². The minimum atomic E-state index is -1.27. The molecule has 1 heterocycles. The van der Waals surface area contributed by atoms with Crippen molar-refractivity contribution in [2.45, 2.75) is 18.5 Å². The van der Waals surface area contributed by atoms with Gasteiger partial charge in [-0.1, -0.05) is 29.8 Å². The number of carbonyl (C=O) groups excluding carboxylic acids is 2. The van der Waals surface area contributed by atoms with Crippen molar-refractivity contribution in [2.24, 2.45) is 0 Å². The van der Waals surface area contributed by atoms with Gasteiger partial charge in [-0.25, -0.2) is 0 Å². The van der Waals surface area contributed by atoms with E-state index in [9.17, 15) is 9.59 Å². The molecule has 0 spiro atoms.